The van der Waals surface area contributed by atoms with Crippen molar-refractivity contribution in [1.82, 2.24) is 14.8 Å². The minimum Gasteiger partial charge on any atom is -0.380 e. The van der Waals surface area contributed by atoms with E-state index in [0.717, 1.165) is 25.4 Å². The van der Waals surface area contributed by atoms with Crippen LogP contribution in [0.3, 0.4) is 0 Å². The second-order valence-electron chi connectivity index (χ2n) is 5.85. The molecule has 0 saturated carbocycles. The quantitative estimate of drug-likeness (QED) is 0.879. The van der Waals surface area contributed by atoms with E-state index in [1.165, 1.54) is 0 Å². The lowest BCUT2D eigenvalue weighted by molar-refractivity contribution is 0.0919. The van der Waals surface area contributed by atoms with Crippen LogP contribution in [0.4, 0.5) is 0 Å². The van der Waals surface area contributed by atoms with Gasteiger partial charge in [-0.05, 0) is 33.0 Å². The Labute approximate surface area is 131 Å². The first-order valence-electron chi connectivity index (χ1n) is 7.77. The van der Waals surface area contributed by atoms with Gasteiger partial charge in [-0.1, -0.05) is 0 Å². The first kappa shape index (κ1) is 16.7. The van der Waals surface area contributed by atoms with Gasteiger partial charge in [-0.3, -0.25) is 9.59 Å². The molecule has 1 aromatic rings. The van der Waals surface area contributed by atoms with Crippen LogP contribution in [0.5, 0.6) is 0 Å². The molecule has 6 heteroatoms. The largest absolute Gasteiger partial charge is 0.380 e. The molecule has 1 atom stereocenters. The van der Waals surface area contributed by atoms with Crippen LogP contribution in [-0.4, -0.2) is 55.3 Å². The molecule has 1 N–H and O–H groups in total. The zero-order valence-corrected chi connectivity index (χ0v) is 13.6. The first-order chi connectivity index (χ1) is 10.5. The molecule has 6 nitrogen and oxygen atoms in total. The highest BCUT2D eigenvalue weighted by Crippen LogP contribution is 2.05. The van der Waals surface area contributed by atoms with Crippen molar-refractivity contribution in [3.8, 4) is 0 Å². The van der Waals surface area contributed by atoms with Crippen LogP contribution in [0, 0.1) is 12.8 Å². The van der Waals surface area contributed by atoms with Crippen LogP contribution in [0.1, 0.15) is 23.0 Å². The van der Waals surface area contributed by atoms with E-state index in [1.807, 2.05) is 27.0 Å². The monoisotopic (exact) mass is 307 g/mol. The minimum atomic E-state index is -0.306. The number of ether oxygens (including phenoxy) is 1. The maximum atomic E-state index is 12.3. The molecular weight excluding hydrogens is 282 g/mol. The molecule has 0 radical (unpaired) electrons. The van der Waals surface area contributed by atoms with Gasteiger partial charge in [0.1, 0.15) is 5.56 Å². The topological polar surface area (TPSA) is 63.6 Å². The third-order valence-corrected chi connectivity index (χ3v) is 4.05. The molecule has 0 aromatic carbocycles. The van der Waals surface area contributed by atoms with Crippen molar-refractivity contribution in [3.05, 3.63) is 33.7 Å². The van der Waals surface area contributed by atoms with E-state index in [4.69, 9.17) is 4.74 Å². The number of nitrogens with one attached hydrogen (secondary N) is 1. The summed E-state index contributed by atoms with van der Waals surface area (Å²) in [7, 11) is 2.05. The molecule has 1 amide bonds. The molecule has 2 rings (SSSR count). The number of carbonyl (C=O) groups excluding carboxylic acids is 1. The van der Waals surface area contributed by atoms with Gasteiger partial charge in [-0.2, -0.15) is 0 Å². The fraction of sp³-hybridized carbons (Fsp3) is 0.625. The Hall–Kier alpha value is -1.66. The standard InChI is InChI=1S/C16H25N3O3/c1-4-19-12(2)5-6-14(16(19)21)15(20)17-9-13-10-18(3)7-8-22-11-13/h5-6,13H,4,7-11H2,1-3H3,(H,17,20)/t13-/m1/s1. The Balaban J connectivity index is 2.02. The number of carbonyl (C=O) groups is 1. The lowest BCUT2D eigenvalue weighted by atomic mass is 10.1. The minimum absolute atomic E-state index is 0.204. The van der Waals surface area contributed by atoms with Crippen molar-refractivity contribution in [1.29, 1.82) is 0 Å². The van der Waals surface area contributed by atoms with Gasteiger partial charge in [0.15, 0.2) is 0 Å². The second-order valence-corrected chi connectivity index (χ2v) is 5.85. The average Bonchev–Trinajstić information content (AvgIpc) is 2.69. The number of hydrogen-bond acceptors (Lipinski definition) is 4. The number of nitrogens with zero attached hydrogens (tertiary/aromatic N) is 2. The molecule has 2 heterocycles. The normalized spacial score (nSPS) is 19.7. The van der Waals surface area contributed by atoms with Crippen LogP contribution in [0.2, 0.25) is 0 Å². The van der Waals surface area contributed by atoms with Crippen molar-refractivity contribution in [2.75, 3.05) is 39.9 Å². The maximum Gasteiger partial charge on any atom is 0.263 e. The summed E-state index contributed by atoms with van der Waals surface area (Å²) >= 11 is 0. The van der Waals surface area contributed by atoms with Crippen LogP contribution >= 0.6 is 0 Å². The van der Waals surface area contributed by atoms with Gasteiger partial charge >= 0.3 is 0 Å². The predicted molar refractivity (Wildman–Crippen MR) is 85.3 cm³/mol. The summed E-state index contributed by atoms with van der Waals surface area (Å²) in [6.45, 7) is 7.99. The highest BCUT2D eigenvalue weighted by atomic mass is 16.5. The molecule has 122 valence electrons. The van der Waals surface area contributed by atoms with Gasteiger partial charge in [-0.15, -0.1) is 0 Å². The summed E-state index contributed by atoms with van der Waals surface area (Å²) in [6.07, 6.45) is 0. The summed E-state index contributed by atoms with van der Waals surface area (Å²) in [5, 5.41) is 2.87. The lowest BCUT2D eigenvalue weighted by Gasteiger charge is -2.19. The molecule has 0 spiro atoms. The number of rotatable bonds is 4. The van der Waals surface area contributed by atoms with Crippen molar-refractivity contribution in [2.45, 2.75) is 20.4 Å². The third-order valence-electron chi connectivity index (χ3n) is 4.05. The molecule has 0 bridgehead atoms. The zero-order chi connectivity index (χ0) is 16.1. The number of amides is 1. The van der Waals surface area contributed by atoms with Crippen LogP contribution in [0.15, 0.2) is 16.9 Å². The summed E-state index contributed by atoms with van der Waals surface area (Å²) < 4.78 is 7.14. The Morgan fingerprint density at radius 3 is 2.95 bits per heavy atom. The summed E-state index contributed by atoms with van der Waals surface area (Å²) in [4.78, 5) is 26.8. The SMILES string of the molecule is CCn1c(C)ccc(C(=O)NC[C@H]2COCCN(C)C2)c1=O. The fourth-order valence-electron chi connectivity index (χ4n) is 2.75. The number of hydrogen-bond donors (Lipinski definition) is 1. The number of aryl methyl sites for hydroxylation is 1. The molecule has 1 aliphatic rings. The zero-order valence-electron chi connectivity index (χ0n) is 13.6. The molecule has 22 heavy (non-hydrogen) atoms. The smallest absolute Gasteiger partial charge is 0.263 e. The van der Waals surface area contributed by atoms with E-state index in [9.17, 15) is 9.59 Å². The van der Waals surface area contributed by atoms with E-state index < -0.39 is 0 Å². The Morgan fingerprint density at radius 2 is 2.23 bits per heavy atom. The molecule has 1 aliphatic heterocycles. The molecule has 1 fully saturated rings. The molecule has 1 saturated heterocycles. The maximum absolute atomic E-state index is 12.3. The van der Waals surface area contributed by atoms with Crippen LogP contribution < -0.4 is 10.9 Å². The van der Waals surface area contributed by atoms with E-state index in [1.54, 1.807) is 10.6 Å². The van der Waals surface area contributed by atoms with Crippen molar-refractivity contribution < 1.29 is 9.53 Å². The highest BCUT2D eigenvalue weighted by Gasteiger charge is 2.18. The Morgan fingerprint density at radius 1 is 1.45 bits per heavy atom. The lowest BCUT2D eigenvalue weighted by Crippen LogP contribution is -2.38. The van der Waals surface area contributed by atoms with Crippen LogP contribution in [0.25, 0.3) is 0 Å². The van der Waals surface area contributed by atoms with Crippen LogP contribution in [-0.2, 0) is 11.3 Å². The molecular formula is C16H25N3O3. The van der Waals surface area contributed by atoms with Gasteiger partial charge in [-0.25, -0.2) is 0 Å². The third kappa shape index (κ3) is 3.96. The molecule has 0 aliphatic carbocycles. The molecule has 0 unspecified atom stereocenters. The predicted octanol–water partition coefficient (Wildman–Crippen LogP) is 0.485. The van der Waals surface area contributed by atoms with Gasteiger partial charge < -0.3 is 19.5 Å². The summed E-state index contributed by atoms with van der Waals surface area (Å²) in [5.74, 6) is -0.0607. The summed E-state index contributed by atoms with van der Waals surface area (Å²) in [6, 6.07) is 3.41. The van der Waals surface area contributed by atoms with Gasteiger partial charge in [0.25, 0.3) is 11.5 Å². The summed E-state index contributed by atoms with van der Waals surface area (Å²) in [5.41, 5.74) is 0.840. The Kier molecular flexibility index (Phi) is 5.74. The van der Waals surface area contributed by atoms with Crippen molar-refractivity contribution in [2.24, 2.45) is 5.92 Å². The average molecular weight is 307 g/mol. The second kappa shape index (κ2) is 7.56. The van der Waals surface area contributed by atoms with E-state index >= 15 is 0 Å². The highest BCUT2D eigenvalue weighted by molar-refractivity contribution is 5.93. The fourth-order valence-corrected chi connectivity index (χ4v) is 2.75. The number of likely N-dealkylation sites (N-methyl/N-ethyl adjacent to an activating group) is 1. The van der Waals surface area contributed by atoms with E-state index in [2.05, 4.69) is 10.2 Å². The van der Waals surface area contributed by atoms with E-state index in [-0.39, 0.29) is 22.9 Å². The van der Waals surface area contributed by atoms with Crippen molar-refractivity contribution in [3.63, 3.8) is 0 Å². The first-order valence-corrected chi connectivity index (χ1v) is 7.77. The van der Waals surface area contributed by atoms with Gasteiger partial charge in [0.05, 0.1) is 13.2 Å². The number of pyridine rings is 1. The van der Waals surface area contributed by atoms with Gasteiger partial charge in [0.2, 0.25) is 0 Å². The Bertz CT molecular complexity index is 582. The van der Waals surface area contributed by atoms with Gasteiger partial charge in [0, 0.05) is 37.8 Å². The number of aromatic nitrogens is 1. The molecule has 1 aromatic heterocycles. The van der Waals surface area contributed by atoms with E-state index in [0.29, 0.717) is 19.7 Å². The van der Waals surface area contributed by atoms with Crippen molar-refractivity contribution >= 4 is 5.91 Å².